The molecule has 0 aliphatic heterocycles. The lowest BCUT2D eigenvalue weighted by Gasteiger charge is -2.15. The SMILES string of the molecule is CCc1ccccc1C(Cl)c1ccc(OC)cc1F. The molecule has 0 saturated heterocycles. The van der Waals surface area contributed by atoms with Gasteiger partial charge in [0.1, 0.15) is 11.6 Å². The number of hydrogen-bond donors (Lipinski definition) is 0. The molecule has 0 N–H and O–H groups in total. The third-order valence-electron chi connectivity index (χ3n) is 3.19. The molecule has 2 aromatic rings. The Morgan fingerprint density at radius 2 is 1.89 bits per heavy atom. The molecular formula is C16H16ClFO. The minimum absolute atomic E-state index is 0.342. The number of ether oxygens (including phenoxy) is 1. The van der Waals surface area contributed by atoms with E-state index in [1.807, 2.05) is 24.3 Å². The fourth-order valence-corrected chi connectivity index (χ4v) is 2.50. The molecule has 1 unspecified atom stereocenters. The van der Waals surface area contributed by atoms with Crippen molar-refractivity contribution in [1.29, 1.82) is 0 Å². The van der Waals surface area contributed by atoms with Crippen molar-refractivity contribution in [1.82, 2.24) is 0 Å². The maximum Gasteiger partial charge on any atom is 0.131 e. The second-order valence-electron chi connectivity index (χ2n) is 4.30. The van der Waals surface area contributed by atoms with Crippen LogP contribution in [0.5, 0.6) is 5.75 Å². The second kappa shape index (κ2) is 6.07. The second-order valence-corrected chi connectivity index (χ2v) is 4.74. The Balaban J connectivity index is 2.41. The van der Waals surface area contributed by atoms with E-state index in [1.54, 1.807) is 12.1 Å². The van der Waals surface area contributed by atoms with E-state index in [0.717, 1.165) is 17.5 Å². The first-order chi connectivity index (χ1) is 9.17. The molecule has 2 aromatic carbocycles. The molecule has 0 spiro atoms. The molecule has 0 aromatic heterocycles. The van der Waals surface area contributed by atoms with E-state index in [2.05, 4.69) is 6.92 Å². The minimum Gasteiger partial charge on any atom is -0.497 e. The van der Waals surface area contributed by atoms with Gasteiger partial charge in [-0.1, -0.05) is 37.3 Å². The van der Waals surface area contributed by atoms with Crippen molar-refractivity contribution < 1.29 is 9.13 Å². The first-order valence-electron chi connectivity index (χ1n) is 6.22. The van der Waals surface area contributed by atoms with Crippen molar-refractivity contribution in [2.75, 3.05) is 7.11 Å². The Morgan fingerprint density at radius 3 is 2.53 bits per heavy atom. The zero-order chi connectivity index (χ0) is 13.8. The fraction of sp³-hybridized carbons (Fsp3) is 0.250. The van der Waals surface area contributed by atoms with E-state index in [9.17, 15) is 4.39 Å². The van der Waals surface area contributed by atoms with Gasteiger partial charge in [0.05, 0.1) is 12.5 Å². The summed E-state index contributed by atoms with van der Waals surface area (Å²) in [7, 11) is 1.51. The highest BCUT2D eigenvalue weighted by atomic mass is 35.5. The lowest BCUT2D eigenvalue weighted by molar-refractivity contribution is 0.410. The van der Waals surface area contributed by atoms with Gasteiger partial charge in [-0.05, 0) is 23.6 Å². The highest BCUT2D eigenvalue weighted by Gasteiger charge is 2.17. The van der Waals surface area contributed by atoms with Gasteiger partial charge in [-0.15, -0.1) is 11.6 Å². The standard InChI is InChI=1S/C16H16ClFO/c1-3-11-6-4-5-7-13(11)16(17)14-9-8-12(19-2)10-15(14)18/h4-10,16H,3H2,1-2H3. The quantitative estimate of drug-likeness (QED) is 0.735. The lowest BCUT2D eigenvalue weighted by atomic mass is 9.97. The summed E-state index contributed by atoms with van der Waals surface area (Å²) in [5.41, 5.74) is 2.57. The monoisotopic (exact) mass is 278 g/mol. The number of rotatable bonds is 4. The van der Waals surface area contributed by atoms with E-state index in [4.69, 9.17) is 16.3 Å². The molecule has 100 valence electrons. The first kappa shape index (κ1) is 13.9. The zero-order valence-electron chi connectivity index (χ0n) is 11.0. The summed E-state index contributed by atoms with van der Waals surface area (Å²) in [6, 6.07) is 12.6. The molecule has 0 amide bonds. The fourth-order valence-electron chi connectivity index (χ4n) is 2.11. The predicted molar refractivity (Wildman–Crippen MR) is 76.5 cm³/mol. The Labute approximate surface area is 118 Å². The van der Waals surface area contributed by atoms with Gasteiger partial charge >= 0.3 is 0 Å². The van der Waals surface area contributed by atoms with Gasteiger partial charge in [0.2, 0.25) is 0 Å². The molecular weight excluding hydrogens is 263 g/mol. The predicted octanol–water partition coefficient (Wildman–Crippen LogP) is 4.72. The van der Waals surface area contributed by atoms with E-state index in [0.29, 0.717) is 11.3 Å². The van der Waals surface area contributed by atoms with Crippen molar-refractivity contribution in [3.8, 4) is 5.75 Å². The van der Waals surface area contributed by atoms with Crippen LogP contribution in [0, 0.1) is 5.82 Å². The van der Waals surface area contributed by atoms with Gasteiger partial charge < -0.3 is 4.74 Å². The van der Waals surface area contributed by atoms with Gasteiger partial charge in [-0.2, -0.15) is 0 Å². The van der Waals surface area contributed by atoms with Gasteiger partial charge in [-0.3, -0.25) is 0 Å². The summed E-state index contributed by atoms with van der Waals surface area (Å²) >= 11 is 6.44. The third kappa shape index (κ3) is 2.90. The summed E-state index contributed by atoms with van der Waals surface area (Å²) in [5.74, 6) is 0.152. The minimum atomic E-state index is -0.484. The van der Waals surface area contributed by atoms with Crippen LogP contribution in [0.2, 0.25) is 0 Å². The van der Waals surface area contributed by atoms with E-state index in [1.165, 1.54) is 13.2 Å². The maximum atomic E-state index is 14.0. The summed E-state index contributed by atoms with van der Waals surface area (Å²) in [4.78, 5) is 0. The normalized spacial score (nSPS) is 12.2. The highest BCUT2D eigenvalue weighted by molar-refractivity contribution is 6.22. The van der Waals surface area contributed by atoms with Crippen molar-refractivity contribution in [2.24, 2.45) is 0 Å². The van der Waals surface area contributed by atoms with Gasteiger partial charge in [-0.25, -0.2) is 4.39 Å². The highest BCUT2D eigenvalue weighted by Crippen LogP contribution is 2.34. The molecule has 0 bridgehead atoms. The average Bonchev–Trinajstić information content (AvgIpc) is 2.46. The largest absolute Gasteiger partial charge is 0.497 e. The van der Waals surface area contributed by atoms with Crippen molar-refractivity contribution >= 4 is 11.6 Å². The number of hydrogen-bond acceptors (Lipinski definition) is 1. The maximum absolute atomic E-state index is 14.0. The Bertz CT molecular complexity index is 568. The molecule has 0 aliphatic rings. The lowest BCUT2D eigenvalue weighted by Crippen LogP contribution is -2.01. The number of alkyl halides is 1. The van der Waals surface area contributed by atoms with E-state index >= 15 is 0 Å². The zero-order valence-corrected chi connectivity index (χ0v) is 11.7. The third-order valence-corrected chi connectivity index (χ3v) is 3.66. The van der Waals surface area contributed by atoms with Crippen LogP contribution in [0.1, 0.15) is 29.0 Å². The van der Waals surface area contributed by atoms with Crippen LogP contribution in [-0.2, 0) is 6.42 Å². The van der Waals surface area contributed by atoms with Gasteiger partial charge in [0.15, 0.2) is 0 Å². The van der Waals surface area contributed by atoms with Crippen LogP contribution in [0.3, 0.4) is 0 Å². The first-order valence-corrected chi connectivity index (χ1v) is 6.66. The van der Waals surface area contributed by atoms with E-state index < -0.39 is 5.38 Å². The average molecular weight is 279 g/mol. The molecule has 0 heterocycles. The Morgan fingerprint density at radius 1 is 1.16 bits per heavy atom. The molecule has 0 fully saturated rings. The molecule has 2 rings (SSSR count). The molecule has 0 aliphatic carbocycles. The summed E-state index contributed by atoms with van der Waals surface area (Å²) < 4.78 is 19.0. The van der Waals surface area contributed by atoms with Crippen molar-refractivity contribution in [3.63, 3.8) is 0 Å². The van der Waals surface area contributed by atoms with E-state index in [-0.39, 0.29) is 5.82 Å². The topological polar surface area (TPSA) is 9.23 Å². The Kier molecular flexibility index (Phi) is 4.43. The van der Waals surface area contributed by atoms with Crippen LogP contribution in [0.25, 0.3) is 0 Å². The summed E-state index contributed by atoms with van der Waals surface area (Å²) in [6.07, 6.45) is 0.872. The van der Waals surface area contributed by atoms with Gasteiger partial charge in [0, 0.05) is 11.6 Å². The number of halogens is 2. The van der Waals surface area contributed by atoms with Gasteiger partial charge in [0.25, 0.3) is 0 Å². The molecule has 1 atom stereocenters. The van der Waals surface area contributed by atoms with Crippen molar-refractivity contribution in [3.05, 3.63) is 65.0 Å². The van der Waals surface area contributed by atoms with Crippen LogP contribution in [-0.4, -0.2) is 7.11 Å². The Hall–Kier alpha value is -1.54. The van der Waals surface area contributed by atoms with Crippen LogP contribution in [0.15, 0.2) is 42.5 Å². The molecule has 0 saturated carbocycles. The number of aryl methyl sites for hydroxylation is 1. The smallest absolute Gasteiger partial charge is 0.131 e. The number of methoxy groups -OCH3 is 1. The van der Waals surface area contributed by atoms with Crippen LogP contribution in [0.4, 0.5) is 4.39 Å². The number of benzene rings is 2. The molecule has 0 radical (unpaired) electrons. The summed E-state index contributed by atoms with van der Waals surface area (Å²) in [6.45, 7) is 2.06. The molecule has 1 nitrogen and oxygen atoms in total. The summed E-state index contributed by atoms with van der Waals surface area (Å²) in [5, 5.41) is -0.484. The molecule has 3 heteroatoms. The van der Waals surface area contributed by atoms with Crippen molar-refractivity contribution in [2.45, 2.75) is 18.7 Å². The van der Waals surface area contributed by atoms with Crippen LogP contribution >= 0.6 is 11.6 Å². The molecule has 19 heavy (non-hydrogen) atoms. The van der Waals surface area contributed by atoms with Crippen LogP contribution < -0.4 is 4.74 Å².